The molecule has 142 valence electrons. The number of halogens is 2. The zero-order valence-electron chi connectivity index (χ0n) is 14.4. The lowest BCUT2D eigenvalue weighted by molar-refractivity contribution is 0.102. The third-order valence-corrected chi connectivity index (χ3v) is 5.82. The van der Waals surface area contributed by atoms with Crippen molar-refractivity contribution < 1.29 is 13.2 Å². The Kier molecular flexibility index (Phi) is 7.21. The number of rotatable bonds is 8. The Labute approximate surface area is 169 Å². The summed E-state index contributed by atoms with van der Waals surface area (Å²) in [6.45, 7) is 7.45. The molecule has 5 nitrogen and oxygen atoms in total. The van der Waals surface area contributed by atoms with Crippen molar-refractivity contribution >= 4 is 44.8 Å². The largest absolute Gasteiger partial charge is 0.322 e. The number of anilines is 1. The molecule has 1 N–H and O–H groups in total. The van der Waals surface area contributed by atoms with Crippen LogP contribution >= 0.6 is 23.2 Å². The third-order valence-electron chi connectivity index (χ3n) is 3.54. The van der Waals surface area contributed by atoms with Gasteiger partial charge in [-0.1, -0.05) is 35.4 Å². The molecule has 0 saturated carbocycles. The molecule has 0 aliphatic heterocycles. The summed E-state index contributed by atoms with van der Waals surface area (Å²) in [6.07, 6.45) is 3.00. The number of hydrogen-bond donors (Lipinski definition) is 1. The summed E-state index contributed by atoms with van der Waals surface area (Å²) in [5.74, 6) is -0.411. The van der Waals surface area contributed by atoms with Crippen molar-refractivity contribution in [3.63, 3.8) is 0 Å². The second-order valence-corrected chi connectivity index (χ2v) is 8.35. The number of nitrogens with zero attached hydrogens (tertiary/aromatic N) is 1. The lowest BCUT2D eigenvalue weighted by Gasteiger charge is -2.19. The minimum atomic E-state index is -3.71. The molecule has 2 rings (SSSR count). The Morgan fingerprint density at radius 3 is 2.00 bits per heavy atom. The van der Waals surface area contributed by atoms with Gasteiger partial charge >= 0.3 is 0 Å². The first-order chi connectivity index (χ1) is 12.8. The Hall–Kier alpha value is -2.12. The van der Waals surface area contributed by atoms with E-state index in [0.717, 1.165) is 0 Å². The highest BCUT2D eigenvalue weighted by Gasteiger charge is 2.22. The first kappa shape index (κ1) is 21.2. The van der Waals surface area contributed by atoms with Gasteiger partial charge in [-0.3, -0.25) is 4.79 Å². The van der Waals surface area contributed by atoms with Crippen LogP contribution in [0.2, 0.25) is 10.0 Å². The van der Waals surface area contributed by atoms with E-state index in [1.54, 1.807) is 18.2 Å². The molecule has 0 unspecified atom stereocenters. The van der Waals surface area contributed by atoms with Crippen LogP contribution in [0.1, 0.15) is 10.4 Å². The van der Waals surface area contributed by atoms with Gasteiger partial charge in [0.2, 0.25) is 10.0 Å². The van der Waals surface area contributed by atoms with E-state index < -0.39 is 15.9 Å². The van der Waals surface area contributed by atoms with E-state index in [2.05, 4.69) is 18.5 Å². The maximum atomic E-state index is 12.7. The summed E-state index contributed by atoms with van der Waals surface area (Å²) in [7, 11) is -3.71. The number of benzene rings is 2. The normalized spacial score (nSPS) is 11.2. The average Bonchev–Trinajstić information content (AvgIpc) is 2.60. The molecule has 0 aliphatic carbocycles. The van der Waals surface area contributed by atoms with Crippen molar-refractivity contribution in [2.45, 2.75) is 4.90 Å². The summed E-state index contributed by atoms with van der Waals surface area (Å²) >= 11 is 11.8. The maximum absolute atomic E-state index is 12.7. The number of sulfonamides is 1. The van der Waals surface area contributed by atoms with Gasteiger partial charge in [0.25, 0.3) is 5.91 Å². The summed E-state index contributed by atoms with van der Waals surface area (Å²) < 4.78 is 26.6. The van der Waals surface area contributed by atoms with Crippen molar-refractivity contribution in [1.82, 2.24) is 4.31 Å². The standard InChI is InChI=1S/C19H18Cl2N2O3S/c1-3-9-23(10-4-2)27(25,26)18-7-5-14(6-8-18)19(24)22-17-12-15(20)11-16(21)13-17/h3-8,11-13H,1-2,9-10H2,(H,22,24). The first-order valence-electron chi connectivity index (χ1n) is 7.87. The molecule has 0 bridgehead atoms. The van der Waals surface area contributed by atoms with Crippen LogP contribution in [0.4, 0.5) is 5.69 Å². The minimum Gasteiger partial charge on any atom is -0.322 e. The van der Waals surface area contributed by atoms with E-state index in [1.807, 2.05) is 0 Å². The van der Waals surface area contributed by atoms with Crippen LogP contribution in [-0.4, -0.2) is 31.7 Å². The van der Waals surface area contributed by atoms with Gasteiger partial charge in [0.1, 0.15) is 0 Å². The Bertz CT molecular complexity index is 927. The Morgan fingerprint density at radius 1 is 1.00 bits per heavy atom. The molecular formula is C19H18Cl2N2O3S. The molecular weight excluding hydrogens is 407 g/mol. The number of carbonyl (C=O) groups is 1. The number of hydrogen-bond acceptors (Lipinski definition) is 3. The molecule has 0 saturated heterocycles. The molecule has 0 aliphatic rings. The smallest absolute Gasteiger partial charge is 0.255 e. The quantitative estimate of drug-likeness (QED) is 0.629. The number of nitrogens with one attached hydrogen (secondary N) is 1. The van der Waals surface area contributed by atoms with Gasteiger partial charge in [-0.2, -0.15) is 4.31 Å². The van der Waals surface area contributed by atoms with Gasteiger partial charge in [0.15, 0.2) is 0 Å². The second kappa shape index (κ2) is 9.19. The van der Waals surface area contributed by atoms with E-state index >= 15 is 0 Å². The average molecular weight is 425 g/mol. The molecule has 0 aromatic heterocycles. The van der Waals surface area contributed by atoms with E-state index in [0.29, 0.717) is 21.3 Å². The van der Waals surface area contributed by atoms with Crippen LogP contribution in [0.5, 0.6) is 0 Å². The minimum absolute atomic E-state index is 0.0774. The van der Waals surface area contributed by atoms with E-state index in [-0.39, 0.29) is 18.0 Å². The van der Waals surface area contributed by atoms with E-state index in [1.165, 1.54) is 40.7 Å². The van der Waals surface area contributed by atoms with Crippen LogP contribution in [0.3, 0.4) is 0 Å². The van der Waals surface area contributed by atoms with Gasteiger partial charge in [-0.15, -0.1) is 13.2 Å². The van der Waals surface area contributed by atoms with Gasteiger partial charge in [0, 0.05) is 34.4 Å². The third kappa shape index (κ3) is 5.43. The lowest BCUT2D eigenvalue weighted by Crippen LogP contribution is -2.31. The van der Waals surface area contributed by atoms with Crippen molar-refractivity contribution in [2.24, 2.45) is 0 Å². The van der Waals surface area contributed by atoms with Crippen LogP contribution in [0.25, 0.3) is 0 Å². The highest BCUT2D eigenvalue weighted by molar-refractivity contribution is 7.89. The molecule has 2 aromatic rings. The fraction of sp³-hybridized carbons (Fsp3) is 0.105. The molecule has 0 heterocycles. The fourth-order valence-corrected chi connectivity index (χ4v) is 4.22. The summed E-state index contributed by atoms with van der Waals surface area (Å²) in [5.41, 5.74) is 0.737. The van der Waals surface area contributed by atoms with Crippen molar-refractivity contribution in [1.29, 1.82) is 0 Å². The van der Waals surface area contributed by atoms with Crippen molar-refractivity contribution in [3.05, 3.63) is 83.4 Å². The first-order valence-corrected chi connectivity index (χ1v) is 10.1. The zero-order chi connectivity index (χ0) is 20.0. The predicted molar refractivity (Wildman–Crippen MR) is 110 cm³/mol. The summed E-state index contributed by atoms with van der Waals surface area (Å²) in [5, 5.41) is 3.45. The summed E-state index contributed by atoms with van der Waals surface area (Å²) in [4.78, 5) is 12.4. The Morgan fingerprint density at radius 2 is 1.52 bits per heavy atom. The van der Waals surface area contributed by atoms with Crippen molar-refractivity contribution in [2.75, 3.05) is 18.4 Å². The van der Waals surface area contributed by atoms with Gasteiger partial charge in [-0.05, 0) is 42.5 Å². The molecule has 8 heteroatoms. The molecule has 1 amide bonds. The molecule has 27 heavy (non-hydrogen) atoms. The van der Waals surface area contributed by atoms with Gasteiger partial charge in [-0.25, -0.2) is 8.42 Å². The maximum Gasteiger partial charge on any atom is 0.255 e. The second-order valence-electron chi connectivity index (χ2n) is 5.54. The topological polar surface area (TPSA) is 66.5 Å². The molecule has 0 radical (unpaired) electrons. The fourth-order valence-electron chi connectivity index (χ4n) is 2.32. The summed E-state index contributed by atoms with van der Waals surface area (Å²) in [6, 6.07) is 10.3. The number of amides is 1. The molecule has 2 aromatic carbocycles. The SMILES string of the molecule is C=CCN(CC=C)S(=O)(=O)c1ccc(C(=O)Nc2cc(Cl)cc(Cl)c2)cc1. The highest BCUT2D eigenvalue weighted by Crippen LogP contribution is 2.23. The molecule has 0 spiro atoms. The number of carbonyl (C=O) groups excluding carboxylic acids is 1. The van der Waals surface area contributed by atoms with E-state index in [4.69, 9.17) is 23.2 Å². The van der Waals surface area contributed by atoms with Gasteiger partial charge in [0.05, 0.1) is 4.90 Å². The Balaban J connectivity index is 2.21. The molecule has 0 fully saturated rings. The van der Waals surface area contributed by atoms with Gasteiger partial charge < -0.3 is 5.32 Å². The van der Waals surface area contributed by atoms with Crippen LogP contribution < -0.4 is 5.32 Å². The van der Waals surface area contributed by atoms with Crippen LogP contribution in [0, 0.1) is 0 Å². The monoisotopic (exact) mass is 424 g/mol. The van der Waals surface area contributed by atoms with Crippen LogP contribution in [-0.2, 0) is 10.0 Å². The van der Waals surface area contributed by atoms with Crippen molar-refractivity contribution in [3.8, 4) is 0 Å². The van der Waals surface area contributed by atoms with E-state index in [9.17, 15) is 13.2 Å². The lowest BCUT2D eigenvalue weighted by atomic mass is 10.2. The zero-order valence-corrected chi connectivity index (χ0v) is 16.7. The predicted octanol–water partition coefficient (Wildman–Crippen LogP) is 4.61. The molecule has 0 atom stereocenters. The highest BCUT2D eigenvalue weighted by atomic mass is 35.5. The van der Waals surface area contributed by atoms with Crippen LogP contribution in [0.15, 0.2) is 72.7 Å².